The highest BCUT2D eigenvalue weighted by atomic mass is 32.2. The van der Waals surface area contributed by atoms with Crippen LogP contribution in [0.2, 0.25) is 0 Å². The number of halogens is 3. The summed E-state index contributed by atoms with van der Waals surface area (Å²) < 4.78 is 49.4. The van der Waals surface area contributed by atoms with Gasteiger partial charge in [-0.3, -0.25) is 4.21 Å². The Labute approximate surface area is 124 Å². The Kier molecular flexibility index (Phi) is 6.38. The van der Waals surface area contributed by atoms with Gasteiger partial charge in [0, 0.05) is 41.5 Å². The molecular weight excluding hydrogens is 305 g/mol. The first-order valence-corrected chi connectivity index (χ1v) is 8.21. The number of alkyl halides is 3. The molecule has 0 aliphatic carbocycles. The molecule has 0 bridgehead atoms. The van der Waals surface area contributed by atoms with E-state index in [1.165, 1.54) is 0 Å². The lowest BCUT2D eigenvalue weighted by Crippen LogP contribution is -2.20. The molecule has 0 spiro atoms. The van der Waals surface area contributed by atoms with Crippen molar-refractivity contribution in [3.63, 3.8) is 0 Å². The summed E-state index contributed by atoms with van der Waals surface area (Å²) in [5.74, 6) is 0.509. The van der Waals surface area contributed by atoms with Gasteiger partial charge in [-0.1, -0.05) is 0 Å². The van der Waals surface area contributed by atoms with Crippen molar-refractivity contribution < 1.29 is 17.4 Å². The van der Waals surface area contributed by atoms with E-state index in [9.17, 15) is 17.4 Å². The van der Waals surface area contributed by atoms with Gasteiger partial charge in [-0.15, -0.1) is 0 Å². The Bertz CT molecular complexity index is 496. The van der Waals surface area contributed by atoms with E-state index >= 15 is 0 Å². The molecule has 21 heavy (non-hydrogen) atoms. The number of nitrogens with zero attached hydrogens (tertiary/aromatic N) is 2. The van der Waals surface area contributed by atoms with Crippen LogP contribution in [0.15, 0.2) is 6.07 Å². The predicted octanol–water partition coefficient (Wildman–Crippen LogP) is 2.50. The van der Waals surface area contributed by atoms with Crippen LogP contribution in [0, 0.1) is 0 Å². The summed E-state index contributed by atoms with van der Waals surface area (Å²) in [6.45, 7) is 3.97. The molecular formula is C12H19F3N4OS. The molecule has 9 heteroatoms. The molecule has 0 radical (unpaired) electrons. The molecule has 1 aromatic heterocycles. The summed E-state index contributed by atoms with van der Waals surface area (Å²) >= 11 is 0. The summed E-state index contributed by atoms with van der Waals surface area (Å²) in [6.07, 6.45) is -2.37. The molecule has 0 saturated heterocycles. The van der Waals surface area contributed by atoms with E-state index in [1.807, 2.05) is 0 Å². The fourth-order valence-electron chi connectivity index (χ4n) is 1.57. The maximum atomic E-state index is 12.8. The Hall–Kier alpha value is -1.38. The summed E-state index contributed by atoms with van der Waals surface area (Å²) in [7, 11) is -0.935. The largest absolute Gasteiger partial charge is 0.433 e. The van der Waals surface area contributed by atoms with Crippen molar-refractivity contribution in [1.82, 2.24) is 9.97 Å². The van der Waals surface area contributed by atoms with E-state index in [4.69, 9.17) is 0 Å². The number of hydrogen-bond donors (Lipinski definition) is 2. The molecule has 0 aliphatic heterocycles. The van der Waals surface area contributed by atoms with Gasteiger partial charge in [-0.25, -0.2) is 4.98 Å². The molecule has 2 atom stereocenters. The number of nitrogens with one attached hydrogen (secondary N) is 2. The van der Waals surface area contributed by atoms with E-state index in [1.54, 1.807) is 20.1 Å². The number of aromatic nitrogens is 2. The van der Waals surface area contributed by atoms with Crippen LogP contribution in [0.25, 0.3) is 0 Å². The second-order valence-corrected chi connectivity index (χ2v) is 6.16. The van der Waals surface area contributed by atoms with Gasteiger partial charge in [-0.2, -0.15) is 18.2 Å². The Morgan fingerprint density at radius 2 is 2.05 bits per heavy atom. The molecule has 1 heterocycles. The normalized spacial score (nSPS) is 14.6. The number of rotatable bonds is 7. The lowest BCUT2D eigenvalue weighted by molar-refractivity contribution is -0.141. The second kappa shape index (κ2) is 7.58. The third-order valence-electron chi connectivity index (χ3n) is 2.58. The second-order valence-electron chi connectivity index (χ2n) is 4.60. The van der Waals surface area contributed by atoms with Gasteiger partial charge in [0.2, 0.25) is 5.95 Å². The minimum Gasteiger partial charge on any atom is -0.367 e. The fraction of sp³-hybridized carbons (Fsp3) is 0.667. The van der Waals surface area contributed by atoms with Crippen molar-refractivity contribution in [2.45, 2.75) is 32.5 Å². The highest BCUT2D eigenvalue weighted by Crippen LogP contribution is 2.29. The third kappa shape index (κ3) is 6.28. The van der Waals surface area contributed by atoms with Crippen LogP contribution >= 0.6 is 0 Å². The zero-order chi connectivity index (χ0) is 16.0. The van der Waals surface area contributed by atoms with Gasteiger partial charge < -0.3 is 10.6 Å². The molecule has 0 amide bonds. The third-order valence-corrected chi connectivity index (χ3v) is 3.39. The van der Waals surface area contributed by atoms with Crippen molar-refractivity contribution >= 4 is 22.6 Å². The number of hydrogen-bond acceptors (Lipinski definition) is 5. The first-order valence-electron chi connectivity index (χ1n) is 6.49. The fourth-order valence-corrected chi connectivity index (χ4v) is 2.26. The SMILES string of the molecule is CCNc1nc(NC(C)CCS(C)=O)cc(C(F)(F)F)n1. The Morgan fingerprint density at radius 3 is 2.57 bits per heavy atom. The lowest BCUT2D eigenvalue weighted by atomic mass is 10.2. The average Bonchev–Trinajstić information content (AvgIpc) is 2.35. The van der Waals surface area contributed by atoms with Crippen LogP contribution in [0.4, 0.5) is 24.9 Å². The summed E-state index contributed by atoms with van der Waals surface area (Å²) in [5.41, 5.74) is -0.998. The zero-order valence-electron chi connectivity index (χ0n) is 12.1. The topological polar surface area (TPSA) is 66.9 Å². The van der Waals surface area contributed by atoms with E-state index in [0.717, 1.165) is 6.07 Å². The van der Waals surface area contributed by atoms with Crippen molar-refractivity contribution in [2.24, 2.45) is 0 Å². The summed E-state index contributed by atoms with van der Waals surface area (Å²) in [4.78, 5) is 7.43. The summed E-state index contributed by atoms with van der Waals surface area (Å²) in [6, 6.07) is 0.736. The maximum absolute atomic E-state index is 12.8. The zero-order valence-corrected chi connectivity index (χ0v) is 12.9. The molecule has 2 N–H and O–H groups in total. The van der Waals surface area contributed by atoms with Gasteiger partial charge in [0.15, 0.2) is 5.69 Å². The quantitative estimate of drug-likeness (QED) is 0.807. The minimum absolute atomic E-state index is 0.0684. The highest BCUT2D eigenvalue weighted by Gasteiger charge is 2.33. The van der Waals surface area contributed by atoms with Crippen molar-refractivity contribution in [3.8, 4) is 0 Å². The van der Waals surface area contributed by atoms with Crippen LogP contribution < -0.4 is 10.6 Å². The van der Waals surface area contributed by atoms with E-state index in [0.29, 0.717) is 18.7 Å². The molecule has 2 unspecified atom stereocenters. The molecule has 5 nitrogen and oxygen atoms in total. The van der Waals surface area contributed by atoms with Crippen molar-refractivity contribution in [3.05, 3.63) is 11.8 Å². The first-order chi connectivity index (χ1) is 9.72. The Balaban J connectivity index is 2.89. The van der Waals surface area contributed by atoms with Gasteiger partial charge in [-0.05, 0) is 20.3 Å². The van der Waals surface area contributed by atoms with Gasteiger partial charge in [0.1, 0.15) is 5.82 Å². The maximum Gasteiger partial charge on any atom is 0.433 e. The van der Waals surface area contributed by atoms with Gasteiger partial charge in [0.05, 0.1) is 0 Å². The van der Waals surface area contributed by atoms with Crippen LogP contribution in [-0.4, -0.2) is 38.8 Å². The molecule has 1 aromatic rings. The highest BCUT2D eigenvalue weighted by molar-refractivity contribution is 7.84. The van der Waals surface area contributed by atoms with Crippen LogP contribution in [0.5, 0.6) is 0 Å². The van der Waals surface area contributed by atoms with Gasteiger partial charge in [0.25, 0.3) is 0 Å². The molecule has 0 fully saturated rings. The molecule has 0 aromatic carbocycles. The predicted molar refractivity (Wildman–Crippen MR) is 77.8 cm³/mol. The minimum atomic E-state index is -4.53. The smallest absolute Gasteiger partial charge is 0.367 e. The average molecular weight is 324 g/mol. The van der Waals surface area contributed by atoms with E-state index < -0.39 is 22.7 Å². The monoisotopic (exact) mass is 324 g/mol. The number of anilines is 2. The lowest BCUT2D eigenvalue weighted by Gasteiger charge is -2.16. The van der Waals surface area contributed by atoms with Crippen LogP contribution in [0.3, 0.4) is 0 Å². The molecule has 1 rings (SSSR count). The van der Waals surface area contributed by atoms with Crippen molar-refractivity contribution in [2.75, 3.05) is 29.2 Å². The first kappa shape index (κ1) is 17.7. The van der Waals surface area contributed by atoms with E-state index in [-0.39, 0.29) is 17.8 Å². The Morgan fingerprint density at radius 1 is 1.38 bits per heavy atom. The summed E-state index contributed by atoms with van der Waals surface area (Å²) in [5, 5.41) is 5.56. The standard InChI is InChI=1S/C12H19F3N4OS/c1-4-16-11-18-9(12(13,14)15)7-10(19-11)17-8(2)5-6-21(3)20/h7-8H,4-6H2,1-3H3,(H2,16,17,18,19). The molecule has 120 valence electrons. The van der Waals surface area contributed by atoms with E-state index in [2.05, 4.69) is 20.6 Å². The van der Waals surface area contributed by atoms with Crippen LogP contribution in [-0.2, 0) is 17.0 Å². The van der Waals surface area contributed by atoms with Crippen LogP contribution in [0.1, 0.15) is 26.0 Å². The van der Waals surface area contributed by atoms with Crippen molar-refractivity contribution in [1.29, 1.82) is 0 Å². The molecule has 0 saturated carbocycles. The van der Waals surface area contributed by atoms with Gasteiger partial charge >= 0.3 is 6.18 Å². The molecule has 0 aliphatic rings.